The number of nitrogens with one attached hydrogen (secondary N) is 1. The second kappa shape index (κ2) is 5.78. The van der Waals surface area contributed by atoms with Crippen LogP contribution in [-0.2, 0) is 6.54 Å². The minimum absolute atomic E-state index is 0.883. The molecular formula is C17H19N3. The van der Waals surface area contributed by atoms with Crippen LogP contribution in [0.25, 0.3) is 11.0 Å². The second-order valence-electron chi connectivity index (χ2n) is 4.98. The van der Waals surface area contributed by atoms with Gasteiger partial charge in [-0.25, -0.2) is 4.98 Å². The number of fused-ring (bicyclic) bond motifs is 1. The lowest BCUT2D eigenvalue weighted by Crippen LogP contribution is -2.24. The SMILES string of the molecule is CCCN(Cc1ccccc1)c1nc2ccccc2[nH]1. The number of hydrogen-bond donors (Lipinski definition) is 1. The highest BCUT2D eigenvalue weighted by Crippen LogP contribution is 2.19. The number of H-pyrrole nitrogens is 1. The van der Waals surface area contributed by atoms with Crippen molar-refractivity contribution in [3.05, 3.63) is 60.2 Å². The third-order valence-electron chi connectivity index (χ3n) is 3.39. The molecule has 3 heteroatoms. The fraction of sp³-hybridized carbons (Fsp3) is 0.235. The molecule has 0 bridgehead atoms. The van der Waals surface area contributed by atoms with E-state index < -0.39 is 0 Å². The first-order valence-electron chi connectivity index (χ1n) is 7.10. The van der Waals surface area contributed by atoms with Gasteiger partial charge in [0.15, 0.2) is 0 Å². The van der Waals surface area contributed by atoms with Crippen LogP contribution in [0.1, 0.15) is 18.9 Å². The van der Waals surface area contributed by atoms with E-state index in [0.29, 0.717) is 0 Å². The van der Waals surface area contributed by atoms with Crippen molar-refractivity contribution in [1.82, 2.24) is 9.97 Å². The van der Waals surface area contributed by atoms with E-state index in [9.17, 15) is 0 Å². The molecule has 0 aliphatic rings. The zero-order valence-electron chi connectivity index (χ0n) is 11.7. The zero-order valence-corrected chi connectivity index (χ0v) is 11.7. The maximum atomic E-state index is 4.70. The van der Waals surface area contributed by atoms with Gasteiger partial charge in [0.05, 0.1) is 11.0 Å². The smallest absolute Gasteiger partial charge is 0.204 e. The molecule has 0 aliphatic carbocycles. The average molecular weight is 265 g/mol. The first kappa shape index (κ1) is 12.7. The molecule has 20 heavy (non-hydrogen) atoms. The molecule has 1 aromatic heterocycles. The summed E-state index contributed by atoms with van der Waals surface area (Å²) >= 11 is 0. The van der Waals surface area contributed by atoms with Gasteiger partial charge in [0.25, 0.3) is 0 Å². The van der Waals surface area contributed by atoms with Gasteiger partial charge in [0, 0.05) is 13.1 Å². The van der Waals surface area contributed by atoms with Gasteiger partial charge in [-0.3, -0.25) is 0 Å². The standard InChI is InChI=1S/C17H19N3/c1-2-12-20(13-14-8-4-3-5-9-14)17-18-15-10-6-7-11-16(15)19-17/h3-11H,2,12-13H2,1H3,(H,18,19). The number of para-hydroxylation sites is 2. The molecule has 0 fully saturated rings. The van der Waals surface area contributed by atoms with Gasteiger partial charge in [-0.2, -0.15) is 0 Å². The number of anilines is 1. The molecule has 2 aromatic carbocycles. The maximum Gasteiger partial charge on any atom is 0.204 e. The number of hydrogen-bond acceptors (Lipinski definition) is 2. The van der Waals surface area contributed by atoms with Crippen LogP contribution in [0, 0.1) is 0 Å². The predicted octanol–water partition coefficient (Wildman–Crippen LogP) is 3.98. The van der Waals surface area contributed by atoms with Crippen molar-refractivity contribution in [1.29, 1.82) is 0 Å². The number of nitrogens with zero attached hydrogens (tertiary/aromatic N) is 2. The highest BCUT2D eigenvalue weighted by Gasteiger charge is 2.11. The topological polar surface area (TPSA) is 31.9 Å². The molecule has 0 unspecified atom stereocenters. The lowest BCUT2D eigenvalue weighted by atomic mass is 10.2. The molecule has 3 rings (SSSR count). The van der Waals surface area contributed by atoms with Crippen molar-refractivity contribution in [2.75, 3.05) is 11.4 Å². The summed E-state index contributed by atoms with van der Waals surface area (Å²) in [5, 5.41) is 0. The van der Waals surface area contributed by atoms with Crippen LogP contribution >= 0.6 is 0 Å². The van der Waals surface area contributed by atoms with Gasteiger partial charge in [0.1, 0.15) is 0 Å². The normalized spacial score (nSPS) is 10.8. The Morgan fingerprint density at radius 1 is 1.00 bits per heavy atom. The van der Waals surface area contributed by atoms with Gasteiger partial charge < -0.3 is 9.88 Å². The molecule has 0 saturated heterocycles. The number of aromatic amines is 1. The minimum Gasteiger partial charge on any atom is -0.338 e. The van der Waals surface area contributed by atoms with Crippen molar-refractivity contribution in [3.8, 4) is 0 Å². The van der Waals surface area contributed by atoms with Crippen molar-refractivity contribution in [3.63, 3.8) is 0 Å². The molecule has 1 heterocycles. The van der Waals surface area contributed by atoms with Gasteiger partial charge in [0.2, 0.25) is 5.95 Å². The first-order valence-corrected chi connectivity index (χ1v) is 7.10. The van der Waals surface area contributed by atoms with Crippen LogP contribution in [0.5, 0.6) is 0 Å². The maximum absolute atomic E-state index is 4.70. The van der Waals surface area contributed by atoms with Crippen LogP contribution in [0.4, 0.5) is 5.95 Å². The Labute approximate surface area is 119 Å². The van der Waals surface area contributed by atoms with Crippen LogP contribution in [-0.4, -0.2) is 16.5 Å². The van der Waals surface area contributed by atoms with Crippen molar-refractivity contribution in [2.45, 2.75) is 19.9 Å². The zero-order chi connectivity index (χ0) is 13.8. The third-order valence-corrected chi connectivity index (χ3v) is 3.39. The lowest BCUT2D eigenvalue weighted by molar-refractivity contribution is 0.747. The first-order chi connectivity index (χ1) is 9.86. The fourth-order valence-electron chi connectivity index (χ4n) is 2.42. The molecular weight excluding hydrogens is 246 g/mol. The molecule has 0 radical (unpaired) electrons. The van der Waals surface area contributed by atoms with Gasteiger partial charge >= 0.3 is 0 Å². The Kier molecular flexibility index (Phi) is 3.68. The van der Waals surface area contributed by atoms with Crippen molar-refractivity contribution < 1.29 is 0 Å². The highest BCUT2D eigenvalue weighted by molar-refractivity contribution is 5.77. The third kappa shape index (κ3) is 2.67. The Balaban J connectivity index is 1.89. The van der Waals surface area contributed by atoms with Gasteiger partial charge in [-0.05, 0) is 24.1 Å². The minimum atomic E-state index is 0.883. The van der Waals surface area contributed by atoms with Crippen LogP contribution in [0.15, 0.2) is 54.6 Å². The van der Waals surface area contributed by atoms with E-state index in [4.69, 9.17) is 4.98 Å². The van der Waals surface area contributed by atoms with Crippen LogP contribution < -0.4 is 4.90 Å². The molecule has 0 spiro atoms. The van der Waals surface area contributed by atoms with Crippen LogP contribution in [0.3, 0.4) is 0 Å². The highest BCUT2D eigenvalue weighted by atomic mass is 15.3. The number of imidazole rings is 1. The molecule has 0 aliphatic heterocycles. The molecule has 0 saturated carbocycles. The molecule has 3 nitrogen and oxygen atoms in total. The van der Waals surface area contributed by atoms with E-state index >= 15 is 0 Å². The van der Waals surface area contributed by atoms with E-state index in [1.807, 2.05) is 18.2 Å². The fourth-order valence-corrected chi connectivity index (χ4v) is 2.42. The van der Waals surface area contributed by atoms with Crippen molar-refractivity contribution in [2.24, 2.45) is 0 Å². The summed E-state index contributed by atoms with van der Waals surface area (Å²) in [6.45, 7) is 4.07. The Bertz CT molecular complexity index is 640. The summed E-state index contributed by atoms with van der Waals surface area (Å²) in [7, 11) is 0. The van der Waals surface area contributed by atoms with Crippen molar-refractivity contribution >= 4 is 17.0 Å². The van der Waals surface area contributed by atoms with E-state index in [1.165, 1.54) is 5.56 Å². The van der Waals surface area contributed by atoms with Crippen LogP contribution in [0.2, 0.25) is 0 Å². The average Bonchev–Trinajstić information content (AvgIpc) is 2.92. The molecule has 0 atom stereocenters. The van der Waals surface area contributed by atoms with E-state index in [-0.39, 0.29) is 0 Å². The van der Waals surface area contributed by atoms with Gasteiger partial charge in [-0.15, -0.1) is 0 Å². The number of rotatable bonds is 5. The second-order valence-corrected chi connectivity index (χ2v) is 4.98. The Morgan fingerprint density at radius 3 is 2.50 bits per heavy atom. The summed E-state index contributed by atoms with van der Waals surface area (Å²) < 4.78 is 0. The van der Waals surface area contributed by atoms with E-state index in [1.54, 1.807) is 0 Å². The van der Waals surface area contributed by atoms with E-state index in [0.717, 1.165) is 36.5 Å². The number of aromatic nitrogens is 2. The Hall–Kier alpha value is -2.29. The lowest BCUT2D eigenvalue weighted by Gasteiger charge is -2.21. The molecule has 0 amide bonds. The number of benzene rings is 2. The largest absolute Gasteiger partial charge is 0.338 e. The summed E-state index contributed by atoms with van der Waals surface area (Å²) in [5.41, 5.74) is 3.43. The van der Waals surface area contributed by atoms with E-state index in [2.05, 4.69) is 53.2 Å². The quantitative estimate of drug-likeness (QED) is 0.756. The molecule has 3 aromatic rings. The summed E-state index contributed by atoms with van der Waals surface area (Å²) in [4.78, 5) is 10.4. The van der Waals surface area contributed by atoms with Gasteiger partial charge in [-0.1, -0.05) is 49.4 Å². The Morgan fingerprint density at radius 2 is 1.75 bits per heavy atom. The summed E-state index contributed by atoms with van der Waals surface area (Å²) in [6, 6.07) is 18.7. The monoisotopic (exact) mass is 265 g/mol. The molecule has 102 valence electrons. The predicted molar refractivity (Wildman–Crippen MR) is 83.9 cm³/mol. The summed E-state index contributed by atoms with van der Waals surface area (Å²) in [6.07, 6.45) is 1.10. The summed E-state index contributed by atoms with van der Waals surface area (Å²) in [5.74, 6) is 0.955. The molecule has 1 N–H and O–H groups in total.